The highest BCUT2D eigenvalue weighted by molar-refractivity contribution is 5.87. The lowest BCUT2D eigenvalue weighted by molar-refractivity contribution is -0.127. The number of carbonyl (C=O) groups excluding carboxylic acids is 3. The third-order valence-electron chi connectivity index (χ3n) is 3.46. The van der Waals surface area contributed by atoms with Gasteiger partial charge in [-0.1, -0.05) is 13.0 Å². The molecule has 1 rings (SSSR count). The van der Waals surface area contributed by atoms with Gasteiger partial charge >= 0.3 is 6.09 Å². The molecule has 0 atom stereocenters. The molecule has 0 radical (unpaired) electrons. The number of alkyl carbamates (subject to hydrolysis) is 1. The SMILES string of the molecule is CC/C=C/C(=O)N1CCC(NC(=O)CNC(=O)OC(C)(C)C)CC1. The van der Waals surface area contributed by atoms with Crippen molar-refractivity contribution in [1.82, 2.24) is 15.5 Å². The number of carbonyl (C=O) groups is 3. The lowest BCUT2D eigenvalue weighted by Gasteiger charge is -2.31. The molecule has 0 aliphatic carbocycles. The van der Waals surface area contributed by atoms with Crippen LogP contribution in [0.15, 0.2) is 12.2 Å². The van der Waals surface area contributed by atoms with Gasteiger partial charge in [0.1, 0.15) is 12.1 Å². The summed E-state index contributed by atoms with van der Waals surface area (Å²) in [6.07, 6.45) is 5.10. The van der Waals surface area contributed by atoms with E-state index in [4.69, 9.17) is 4.74 Å². The van der Waals surface area contributed by atoms with Crippen molar-refractivity contribution in [1.29, 1.82) is 0 Å². The molecule has 1 fully saturated rings. The average Bonchev–Trinajstić information content (AvgIpc) is 2.49. The molecule has 0 saturated carbocycles. The third kappa shape index (κ3) is 7.99. The van der Waals surface area contributed by atoms with Gasteiger partial charge in [-0.25, -0.2) is 4.79 Å². The van der Waals surface area contributed by atoms with Crippen LogP contribution in [0.1, 0.15) is 47.0 Å². The number of piperidine rings is 1. The molecule has 1 aliphatic rings. The van der Waals surface area contributed by atoms with Gasteiger partial charge in [-0.05, 0) is 46.1 Å². The van der Waals surface area contributed by atoms with Crippen molar-refractivity contribution in [3.63, 3.8) is 0 Å². The molecule has 1 saturated heterocycles. The van der Waals surface area contributed by atoms with Gasteiger partial charge < -0.3 is 20.3 Å². The summed E-state index contributed by atoms with van der Waals surface area (Å²) in [4.78, 5) is 37.0. The van der Waals surface area contributed by atoms with Crippen LogP contribution in [0.3, 0.4) is 0 Å². The molecule has 1 heterocycles. The van der Waals surface area contributed by atoms with E-state index in [9.17, 15) is 14.4 Å². The summed E-state index contributed by atoms with van der Waals surface area (Å²) >= 11 is 0. The van der Waals surface area contributed by atoms with Crippen molar-refractivity contribution in [3.8, 4) is 0 Å². The molecular formula is C17H29N3O4. The Labute approximate surface area is 143 Å². The van der Waals surface area contributed by atoms with Crippen LogP contribution in [-0.4, -0.2) is 54.1 Å². The first kappa shape index (κ1) is 20.0. The van der Waals surface area contributed by atoms with Crippen molar-refractivity contribution >= 4 is 17.9 Å². The molecular weight excluding hydrogens is 310 g/mol. The van der Waals surface area contributed by atoms with Gasteiger partial charge in [0.15, 0.2) is 0 Å². The average molecular weight is 339 g/mol. The Bertz CT molecular complexity index is 475. The van der Waals surface area contributed by atoms with E-state index in [1.165, 1.54) is 0 Å². The molecule has 136 valence electrons. The van der Waals surface area contributed by atoms with E-state index in [-0.39, 0.29) is 24.4 Å². The topological polar surface area (TPSA) is 87.7 Å². The lowest BCUT2D eigenvalue weighted by atomic mass is 10.0. The Morgan fingerprint density at radius 3 is 2.38 bits per heavy atom. The molecule has 7 heteroatoms. The van der Waals surface area contributed by atoms with Gasteiger partial charge in [0, 0.05) is 19.1 Å². The molecule has 0 spiro atoms. The minimum atomic E-state index is -0.610. The zero-order chi connectivity index (χ0) is 18.2. The van der Waals surface area contributed by atoms with E-state index in [1.807, 2.05) is 13.0 Å². The predicted molar refractivity (Wildman–Crippen MR) is 91.4 cm³/mol. The molecule has 0 unspecified atom stereocenters. The minimum absolute atomic E-state index is 0.0215. The highest BCUT2D eigenvalue weighted by atomic mass is 16.6. The van der Waals surface area contributed by atoms with Crippen LogP contribution in [0, 0.1) is 0 Å². The van der Waals surface area contributed by atoms with E-state index >= 15 is 0 Å². The number of amides is 3. The number of allylic oxidation sites excluding steroid dienone is 1. The Morgan fingerprint density at radius 1 is 1.21 bits per heavy atom. The summed E-state index contributed by atoms with van der Waals surface area (Å²) in [6.45, 7) is 8.39. The molecule has 0 aromatic carbocycles. The normalized spacial score (nSPS) is 16.1. The van der Waals surface area contributed by atoms with Crippen LogP contribution in [0.5, 0.6) is 0 Å². The Morgan fingerprint density at radius 2 is 1.83 bits per heavy atom. The number of nitrogens with one attached hydrogen (secondary N) is 2. The van der Waals surface area contributed by atoms with E-state index in [0.717, 1.165) is 6.42 Å². The van der Waals surface area contributed by atoms with Crippen molar-refractivity contribution in [3.05, 3.63) is 12.2 Å². The second kappa shape index (κ2) is 9.30. The summed E-state index contributed by atoms with van der Waals surface area (Å²) in [5.41, 5.74) is -0.591. The van der Waals surface area contributed by atoms with Crippen LogP contribution < -0.4 is 10.6 Å². The monoisotopic (exact) mass is 339 g/mol. The van der Waals surface area contributed by atoms with E-state index in [1.54, 1.807) is 31.7 Å². The first-order chi connectivity index (χ1) is 11.2. The van der Waals surface area contributed by atoms with Crippen LogP contribution in [0.4, 0.5) is 4.79 Å². The molecule has 0 bridgehead atoms. The highest BCUT2D eigenvalue weighted by Crippen LogP contribution is 2.11. The fourth-order valence-corrected chi connectivity index (χ4v) is 2.31. The van der Waals surface area contributed by atoms with Crippen LogP contribution in [0.25, 0.3) is 0 Å². The van der Waals surface area contributed by atoms with E-state index in [0.29, 0.717) is 25.9 Å². The van der Waals surface area contributed by atoms with Crippen molar-refractivity contribution in [2.24, 2.45) is 0 Å². The fourth-order valence-electron chi connectivity index (χ4n) is 2.31. The van der Waals surface area contributed by atoms with Crippen molar-refractivity contribution in [2.45, 2.75) is 58.6 Å². The predicted octanol–water partition coefficient (Wildman–Crippen LogP) is 1.58. The molecule has 24 heavy (non-hydrogen) atoms. The van der Waals surface area contributed by atoms with Gasteiger partial charge in [-0.3, -0.25) is 9.59 Å². The zero-order valence-corrected chi connectivity index (χ0v) is 15.1. The minimum Gasteiger partial charge on any atom is -0.444 e. The molecule has 2 N–H and O–H groups in total. The van der Waals surface area contributed by atoms with Crippen LogP contribution >= 0.6 is 0 Å². The Hall–Kier alpha value is -2.05. The number of hydrogen-bond donors (Lipinski definition) is 2. The number of likely N-dealkylation sites (tertiary alicyclic amines) is 1. The van der Waals surface area contributed by atoms with Gasteiger partial charge in [0.2, 0.25) is 11.8 Å². The maximum Gasteiger partial charge on any atom is 0.408 e. The van der Waals surface area contributed by atoms with Gasteiger partial charge in [0.05, 0.1) is 0 Å². The molecule has 1 aliphatic heterocycles. The quantitative estimate of drug-likeness (QED) is 0.745. The first-order valence-electron chi connectivity index (χ1n) is 8.43. The standard InChI is InChI=1S/C17H29N3O4/c1-5-6-7-15(22)20-10-8-13(9-11-20)19-14(21)12-18-16(23)24-17(2,3)4/h6-7,13H,5,8-12H2,1-4H3,(H,18,23)(H,19,21)/b7-6+. The maximum absolute atomic E-state index is 11.9. The summed E-state index contributed by atoms with van der Waals surface area (Å²) in [7, 11) is 0. The van der Waals surface area contributed by atoms with Gasteiger partial charge in [0.25, 0.3) is 0 Å². The smallest absolute Gasteiger partial charge is 0.408 e. The van der Waals surface area contributed by atoms with Gasteiger partial charge in [-0.15, -0.1) is 0 Å². The Kier molecular flexibility index (Phi) is 7.74. The maximum atomic E-state index is 11.9. The number of rotatable bonds is 5. The van der Waals surface area contributed by atoms with E-state index in [2.05, 4.69) is 10.6 Å². The summed E-state index contributed by atoms with van der Waals surface area (Å²) < 4.78 is 5.07. The van der Waals surface area contributed by atoms with Crippen LogP contribution in [0.2, 0.25) is 0 Å². The van der Waals surface area contributed by atoms with Crippen LogP contribution in [-0.2, 0) is 14.3 Å². The number of hydrogen-bond acceptors (Lipinski definition) is 4. The fraction of sp³-hybridized carbons (Fsp3) is 0.706. The lowest BCUT2D eigenvalue weighted by Crippen LogP contribution is -2.48. The second-order valence-electron chi connectivity index (χ2n) is 6.83. The van der Waals surface area contributed by atoms with Crippen molar-refractivity contribution in [2.75, 3.05) is 19.6 Å². The van der Waals surface area contributed by atoms with Crippen molar-refractivity contribution < 1.29 is 19.1 Å². The Balaban J connectivity index is 2.26. The number of nitrogens with zero attached hydrogens (tertiary/aromatic N) is 1. The highest BCUT2D eigenvalue weighted by Gasteiger charge is 2.23. The first-order valence-corrected chi connectivity index (χ1v) is 8.43. The number of ether oxygens (including phenoxy) is 1. The molecule has 0 aromatic heterocycles. The third-order valence-corrected chi connectivity index (χ3v) is 3.46. The van der Waals surface area contributed by atoms with E-state index < -0.39 is 11.7 Å². The summed E-state index contributed by atoms with van der Waals surface area (Å²) in [5.74, 6) is -0.232. The summed E-state index contributed by atoms with van der Waals surface area (Å²) in [5, 5.41) is 5.31. The van der Waals surface area contributed by atoms with Gasteiger partial charge in [-0.2, -0.15) is 0 Å². The summed E-state index contributed by atoms with van der Waals surface area (Å²) in [6, 6.07) is 0.0251. The largest absolute Gasteiger partial charge is 0.444 e. The second-order valence-corrected chi connectivity index (χ2v) is 6.83. The molecule has 7 nitrogen and oxygen atoms in total. The zero-order valence-electron chi connectivity index (χ0n) is 15.1. The molecule has 3 amide bonds. The molecule has 0 aromatic rings.